The van der Waals surface area contributed by atoms with Gasteiger partial charge in [-0.25, -0.2) is 4.79 Å². The van der Waals surface area contributed by atoms with E-state index in [0.29, 0.717) is 0 Å². The van der Waals surface area contributed by atoms with Crippen LogP contribution in [0.5, 0.6) is 0 Å². The highest BCUT2D eigenvalue weighted by molar-refractivity contribution is 5.77. The number of ether oxygens (including phenoxy) is 1. The predicted molar refractivity (Wildman–Crippen MR) is 52.7 cm³/mol. The van der Waals surface area contributed by atoms with E-state index < -0.39 is 0 Å². The van der Waals surface area contributed by atoms with E-state index in [4.69, 9.17) is 4.74 Å². The van der Waals surface area contributed by atoms with E-state index in [2.05, 4.69) is 4.98 Å². The molecule has 1 heterocycles. The molecule has 0 radical (unpaired) electrons. The Labute approximate surface area is 83.5 Å². The van der Waals surface area contributed by atoms with Crippen molar-refractivity contribution in [1.29, 1.82) is 0 Å². The van der Waals surface area contributed by atoms with Gasteiger partial charge in [-0.3, -0.25) is 9.88 Å². The molecule has 0 aliphatic heterocycles. The lowest BCUT2D eigenvalue weighted by molar-refractivity contribution is -0.146. The topological polar surface area (TPSA) is 42.4 Å². The Morgan fingerprint density at radius 3 is 2.71 bits per heavy atom. The van der Waals surface area contributed by atoms with E-state index in [0.717, 1.165) is 5.56 Å². The summed E-state index contributed by atoms with van der Waals surface area (Å²) in [6.07, 6.45) is 3.34. The summed E-state index contributed by atoms with van der Waals surface area (Å²) in [5.41, 5.74) is 0.837. The fourth-order valence-corrected chi connectivity index (χ4v) is 1.29. The number of nitrogens with zero attached hydrogens (tertiary/aromatic N) is 2. The summed E-state index contributed by atoms with van der Waals surface area (Å²) in [7, 11) is 5.04. The summed E-state index contributed by atoms with van der Waals surface area (Å²) in [5, 5.41) is 0. The molecule has 0 amide bonds. The first-order chi connectivity index (χ1) is 6.66. The molecule has 0 saturated carbocycles. The van der Waals surface area contributed by atoms with Crippen LogP contribution in [0.15, 0.2) is 24.5 Å². The molecule has 1 unspecified atom stereocenters. The van der Waals surface area contributed by atoms with Crippen LogP contribution in [0.4, 0.5) is 0 Å². The van der Waals surface area contributed by atoms with Crippen LogP contribution in [0.1, 0.15) is 11.6 Å². The van der Waals surface area contributed by atoms with E-state index in [1.165, 1.54) is 7.11 Å². The van der Waals surface area contributed by atoms with Crippen molar-refractivity contribution in [2.24, 2.45) is 0 Å². The summed E-state index contributed by atoms with van der Waals surface area (Å²) < 4.78 is 4.72. The van der Waals surface area contributed by atoms with Crippen molar-refractivity contribution in [3.8, 4) is 0 Å². The van der Waals surface area contributed by atoms with Gasteiger partial charge in [-0.2, -0.15) is 0 Å². The Hall–Kier alpha value is -1.42. The second kappa shape index (κ2) is 4.72. The van der Waals surface area contributed by atoms with Crippen molar-refractivity contribution in [1.82, 2.24) is 9.88 Å². The normalized spacial score (nSPS) is 12.6. The van der Waals surface area contributed by atoms with Crippen LogP contribution in [0.25, 0.3) is 0 Å². The Morgan fingerprint density at radius 2 is 2.29 bits per heavy atom. The van der Waals surface area contributed by atoms with E-state index in [1.807, 2.05) is 20.2 Å². The van der Waals surface area contributed by atoms with Crippen LogP contribution in [0.3, 0.4) is 0 Å². The SMILES string of the molecule is COC(=O)C(c1cccnc1)N(C)C. The molecule has 0 aromatic carbocycles. The van der Waals surface area contributed by atoms with E-state index >= 15 is 0 Å². The number of methoxy groups -OCH3 is 1. The number of carbonyl (C=O) groups is 1. The number of pyridine rings is 1. The Bertz CT molecular complexity index is 298. The van der Waals surface area contributed by atoms with Gasteiger partial charge in [-0.05, 0) is 25.7 Å². The van der Waals surface area contributed by atoms with Gasteiger partial charge in [-0.1, -0.05) is 6.07 Å². The minimum atomic E-state index is -0.381. The van der Waals surface area contributed by atoms with Gasteiger partial charge in [0.2, 0.25) is 0 Å². The molecule has 1 rings (SSSR count). The Morgan fingerprint density at radius 1 is 1.57 bits per heavy atom. The van der Waals surface area contributed by atoms with Crippen molar-refractivity contribution < 1.29 is 9.53 Å². The monoisotopic (exact) mass is 194 g/mol. The van der Waals surface area contributed by atoms with Gasteiger partial charge in [0, 0.05) is 12.4 Å². The standard InChI is InChI=1S/C10H14N2O2/c1-12(2)9(10(13)14-3)8-5-4-6-11-7-8/h4-7,9H,1-3H3. The molecule has 0 bridgehead atoms. The van der Waals surface area contributed by atoms with Gasteiger partial charge in [0.05, 0.1) is 7.11 Å². The molecule has 0 saturated heterocycles. The maximum absolute atomic E-state index is 11.5. The zero-order valence-corrected chi connectivity index (χ0v) is 8.60. The molecule has 1 aromatic rings. The lowest BCUT2D eigenvalue weighted by Gasteiger charge is -2.21. The predicted octanol–water partition coefficient (Wildman–Crippen LogP) is 0.857. The van der Waals surface area contributed by atoms with Crippen LogP contribution in [-0.2, 0) is 9.53 Å². The number of carbonyl (C=O) groups excluding carboxylic acids is 1. The first-order valence-electron chi connectivity index (χ1n) is 4.31. The number of rotatable bonds is 3. The molecule has 1 aromatic heterocycles. The molecule has 0 aliphatic rings. The van der Waals surface area contributed by atoms with Crippen molar-refractivity contribution >= 4 is 5.97 Å². The van der Waals surface area contributed by atoms with Crippen LogP contribution >= 0.6 is 0 Å². The van der Waals surface area contributed by atoms with E-state index in [1.54, 1.807) is 23.4 Å². The molecular formula is C10H14N2O2. The smallest absolute Gasteiger partial charge is 0.327 e. The number of hydrogen-bond donors (Lipinski definition) is 0. The maximum Gasteiger partial charge on any atom is 0.327 e. The quantitative estimate of drug-likeness (QED) is 0.669. The van der Waals surface area contributed by atoms with Crippen molar-refractivity contribution in [3.63, 3.8) is 0 Å². The van der Waals surface area contributed by atoms with Crippen LogP contribution in [0.2, 0.25) is 0 Å². The van der Waals surface area contributed by atoms with Crippen molar-refractivity contribution in [2.75, 3.05) is 21.2 Å². The zero-order valence-electron chi connectivity index (χ0n) is 8.60. The van der Waals surface area contributed by atoms with E-state index in [9.17, 15) is 4.79 Å². The molecule has 0 N–H and O–H groups in total. The van der Waals surface area contributed by atoms with Crippen molar-refractivity contribution in [3.05, 3.63) is 30.1 Å². The maximum atomic E-state index is 11.5. The molecule has 4 heteroatoms. The fraction of sp³-hybridized carbons (Fsp3) is 0.400. The fourth-order valence-electron chi connectivity index (χ4n) is 1.29. The third-order valence-corrected chi connectivity index (χ3v) is 1.94. The molecule has 0 fully saturated rings. The van der Waals surface area contributed by atoms with Gasteiger partial charge in [-0.15, -0.1) is 0 Å². The highest BCUT2D eigenvalue weighted by atomic mass is 16.5. The minimum absolute atomic E-state index is 0.275. The molecule has 1 atom stereocenters. The number of esters is 1. The molecule has 4 nitrogen and oxygen atoms in total. The van der Waals surface area contributed by atoms with Crippen LogP contribution in [-0.4, -0.2) is 37.1 Å². The lowest BCUT2D eigenvalue weighted by Crippen LogP contribution is -2.28. The van der Waals surface area contributed by atoms with Gasteiger partial charge < -0.3 is 4.74 Å². The van der Waals surface area contributed by atoms with Crippen LogP contribution in [0, 0.1) is 0 Å². The van der Waals surface area contributed by atoms with Gasteiger partial charge >= 0.3 is 5.97 Å². The molecular weight excluding hydrogens is 180 g/mol. The second-order valence-corrected chi connectivity index (χ2v) is 3.18. The third-order valence-electron chi connectivity index (χ3n) is 1.94. The number of likely N-dealkylation sites (N-methyl/N-ethyl adjacent to an activating group) is 1. The first-order valence-corrected chi connectivity index (χ1v) is 4.31. The average molecular weight is 194 g/mol. The minimum Gasteiger partial charge on any atom is -0.468 e. The average Bonchev–Trinajstić information content (AvgIpc) is 2.19. The Balaban J connectivity index is 2.95. The molecule has 76 valence electrons. The Kier molecular flexibility index (Phi) is 3.59. The summed E-state index contributed by atoms with van der Waals surface area (Å²) in [6.45, 7) is 0. The second-order valence-electron chi connectivity index (χ2n) is 3.18. The summed E-state index contributed by atoms with van der Waals surface area (Å²) in [6, 6.07) is 3.28. The molecule has 14 heavy (non-hydrogen) atoms. The summed E-state index contributed by atoms with van der Waals surface area (Å²) in [4.78, 5) is 17.2. The highest BCUT2D eigenvalue weighted by Gasteiger charge is 2.23. The molecule has 0 aliphatic carbocycles. The molecule has 0 spiro atoms. The highest BCUT2D eigenvalue weighted by Crippen LogP contribution is 2.17. The number of hydrogen-bond acceptors (Lipinski definition) is 4. The largest absolute Gasteiger partial charge is 0.468 e. The zero-order chi connectivity index (χ0) is 10.6. The third kappa shape index (κ3) is 2.29. The summed E-state index contributed by atoms with van der Waals surface area (Å²) in [5.74, 6) is -0.275. The van der Waals surface area contributed by atoms with Crippen molar-refractivity contribution in [2.45, 2.75) is 6.04 Å². The first kappa shape index (κ1) is 10.7. The van der Waals surface area contributed by atoms with Gasteiger partial charge in [0.1, 0.15) is 6.04 Å². The van der Waals surface area contributed by atoms with Gasteiger partial charge in [0.15, 0.2) is 0 Å². The number of aromatic nitrogens is 1. The van der Waals surface area contributed by atoms with E-state index in [-0.39, 0.29) is 12.0 Å². The lowest BCUT2D eigenvalue weighted by atomic mass is 10.1. The summed E-state index contributed by atoms with van der Waals surface area (Å²) >= 11 is 0. The van der Waals surface area contributed by atoms with Gasteiger partial charge in [0.25, 0.3) is 0 Å². The van der Waals surface area contributed by atoms with Crippen LogP contribution < -0.4 is 0 Å².